The first kappa shape index (κ1) is 8.04. The van der Waals surface area contributed by atoms with E-state index in [-0.39, 0.29) is 0 Å². The van der Waals surface area contributed by atoms with E-state index in [1.807, 2.05) is 0 Å². The van der Waals surface area contributed by atoms with Crippen LogP contribution in [-0.2, 0) is 9.59 Å². The van der Waals surface area contributed by atoms with E-state index < -0.39 is 17.7 Å². The van der Waals surface area contributed by atoms with Crippen LogP contribution in [0.15, 0.2) is 12.7 Å². The van der Waals surface area contributed by atoms with Crippen molar-refractivity contribution in [1.29, 1.82) is 0 Å². The Morgan fingerprint density at radius 1 is 1.67 bits per heavy atom. The van der Waals surface area contributed by atoms with Gasteiger partial charge in [-0.15, -0.1) is 0 Å². The Morgan fingerprint density at radius 2 is 2.11 bits per heavy atom. The third-order valence-corrected chi connectivity index (χ3v) is 0.808. The molecule has 0 aromatic carbocycles. The molecule has 0 aliphatic rings. The molecule has 0 radical (unpaired) electrons. The van der Waals surface area contributed by atoms with Gasteiger partial charge in [-0.2, -0.15) is 0 Å². The standard InChI is InChI=1S/C6H8O3/c1-3-5(8)6(9)4(2)7/h3-4,7H,1H2,2H3. The highest BCUT2D eigenvalue weighted by Crippen LogP contribution is 1.85. The normalized spacial score (nSPS) is 12.2. The molecule has 0 spiro atoms. The van der Waals surface area contributed by atoms with Crippen molar-refractivity contribution in [2.75, 3.05) is 0 Å². The Hall–Kier alpha value is -0.960. The molecule has 0 fully saturated rings. The summed E-state index contributed by atoms with van der Waals surface area (Å²) in [5.41, 5.74) is 0. The number of hydrogen-bond acceptors (Lipinski definition) is 3. The van der Waals surface area contributed by atoms with E-state index in [1.54, 1.807) is 0 Å². The predicted molar refractivity (Wildman–Crippen MR) is 31.9 cm³/mol. The first-order valence-corrected chi connectivity index (χ1v) is 2.48. The van der Waals surface area contributed by atoms with Gasteiger partial charge in [0, 0.05) is 0 Å². The van der Waals surface area contributed by atoms with Crippen LogP contribution in [0.1, 0.15) is 6.92 Å². The summed E-state index contributed by atoms with van der Waals surface area (Å²) in [4.78, 5) is 20.7. The van der Waals surface area contributed by atoms with Crippen molar-refractivity contribution >= 4 is 11.6 Å². The van der Waals surface area contributed by atoms with Crippen molar-refractivity contribution in [3.05, 3.63) is 12.7 Å². The van der Waals surface area contributed by atoms with E-state index >= 15 is 0 Å². The molecule has 0 aliphatic heterocycles. The van der Waals surface area contributed by atoms with Crippen LogP contribution in [-0.4, -0.2) is 22.8 Å². The minimum absolute atomic E-state index is 0.745. The van der Waals surface area contributed by atoms with Crippen LogP contribution in [0.4, 0.5) is 0 Å². The van der Waals surface area contributed by atoms with Gasteiger partial charge in [0.25, 0.3) is 0 Å². The number of Topliss-reactive ketones (excluding diaryl/α,β-unsaturated/α-hetero) is 1. The zero-order chi connectivity index (χ0) is 7.44. The molecule has 1 N–H and O–H groups in total. The molecule has 0 saturated carbocycles. The molecular formula is C6H8O3. The van der Waals surface area contributed by atoms with Gasteiger partial charge in [-0.05, 0) is 13.0 Å². The number of hydrogen-bond donors (Lipinski definition) is 1. The van der Waals surface area contributed by atoms with Crippen molar-refractivity contribution in [3.63, 3.8) is 0 Å². The van der Waals surface area contributed by atoms with E-state index in [0.717, 1.165) is 6.08 Å². The molecule has 0 aromatic rings. The van der Waals surface area contributed by atoms with E-state index in [0.29, 0.717) is 0 Å². The number of carbonyl (C=O) groups is 2. The van der Waals surface area contributed by atoms with Crippen molar-refractivity contribution in [1.82, 2.24) is 0 Å². The van der Waals surface area contributed by atoms with Crippen LogP contribution in [0, 0.1) is 0 Å². The molecule has 1 atom stereocenters. The number of ketones is 2. The first-order chi connectivity index (χ1) is 4.09. The largest absolute Gasteiger partial charge is 0.385 e. The molecule has 3 heteroatoms. The van der Waals surface area contributed by atoms with Gasteiger partial charge in [0.05, 0.1) is 0 Å². The van der Waals surface area contributed by atoms with Crippen LogP contribution in [0.3, 0.4) is 0 Å². The van der Waals surface area contributed by atoms with Crippen molar-refractivity contribution in [2.24, 2.45) is 0 Å². The van der Waals surface area contributed by atoms with Gasteiger partial charge < -0.3 is 5.11 Å². The van der Waals surface area contributed by atoms with Crippen LogP contribution >= 0.6 is 0 Å². The quantitative estimate of drug-likeness (QED) is 0.419. The van der Waals surface area contributed by atoms with Gasteiger partial charge >= 0.3 is 0 Å². The second-order valence-electron chi connectivity index (χ2n) is 1.61. The highest BCUT2D eigenvalue weighted by atomic mass is 16.3. The molecule has 0 aliphatic carbocycles. The van der Waals surface area contributed by atoms with Crippen LogP contribution in [0.25, 0.3) is 0 Å². The maximum atomic E-state index is 10.4. The van der Waals surface area contributed by atoms with Crippen LogP contribution < -0.4 is 0 Å². The van der Waals surface area contributed by atoms with Crippen LogP contribution in [0.2, 0.25) is 0 Å². The maximum absolute atomic E-state index is 10.4. The highest BCUT2D eigenvalue weighted by molar-refractivity contribution is 6.42. The SMILES string of the molecule is C=CC(=O)C(=O)C(C)O. The van der Waals surface area contributed by atoms with E-state index in [2.05, 4.69) is 6.58 Å². The number of allylic oxidation sites excluding steroid dienone is 1. The van der Waals surface area contributed by atoms with Gasteiger partial charge in [-0.3, -0.25) is 9.59 Å². The van der Waals surface area contributed by atoms with E-state index in [9.17, 15) is 9.59 Å². The molecule has 0 amide bonds. The number of rotatable bonds is 3. The molecule has 0 bridgehead atoms. The lowest BCUT2D eigenvalue weighted by Gasteiger charge is -1.95. The summed E-state index contributed by atoms with van der Waals surface area (Å²) in [7, 11) is 0. The van der Waals surface area contributed by atoms with Gasteiger partial charge in [0.15, 0.2) is 0 Å². The Kier molecular flexibility index (Phi) is 2.81. The molecule has 0 heterocycles. The smallest absolute Gasteiger partial charge is 0.230 e. The van der Waals surface area contributed by atoms with Crippen LogP contribution in [0.5, 0.6) is 0 Å². The second-order valence-corrected chi connectivity index (χ2v) is 1.61. The molecule has 1 unspecified atom stereocenters. The fraction of sp³-hybridized carbons (Fsp3) is 0.333. The molecular weight excluding hydrogens is 120 g/mol. The number of aliphatic hydroxyl groups is 1. The summed E-state index contributed by atoms with van der Waals surface area (Å²) in [6.07, 6.45) is -0.329. The number of carbonyl (C=O) groups excluding carboxylic acids is 2. The third kappa shape index (κ3) is 2.19. The summed E-state index contributed by atoms with van der Waals surface area (Å²) in [5.74, 6) is -1.56. The van der Waals surface area contributed by atoms with E-state index in [4.69, 9.17) is 5.11 Å². The Morgan fingerprint density at radius 3 is 2.22 bits per heavy atom. The van der Waals surface area contributed by atoms with Crippen molar-refractivity contribution < 1.29 is 14.7 Å². The van der Waals surface area contributed by atoms with Gasteiger partial charge in [0.2, 0.25) is 11.6 Å². The molecule has 0 rings (SSSR count). The maximum Gasteiger partial charge on any atom is 0.230 e. The van der Waals surface area contributed by atoms with Gasteiger partial charge in [-0.1, -0.05) is 6.58 Å². The first-order valence-electron chi connectivity index (χ1n) is 2.48. The molecule has 50 valence electrons. The Bertz CT molecular complexity index is 146. The molecule has 9 heavy (non-hydrogen) atoms. The van der Waals surface area contributed by atoms with E-state index in [1.165, 1.54) is 6.92 Å². The lowest BCUT2D eigenvalue weighted by Crippen LogP contribution is -2.23. The van der Waals surface area contributed by atoms with Gasteiger partial charge in [-0.25, -0.2) is 0 Å². The third-order valence-electron chi connectivity index (χ3n) is 0.808. The minimum Gasteiger partial charge on any atom is -0.385 e. The topological polar surface area (TPSA) is 54.4 Å². The zero-order valence-electron chi connectivity index (χ0n) is 5.13. The number of aliphatic hydroxyl groups excluding tert-OH is 1. The molecule has 3 nitrogen and oxygen atoms in total. The summed E-state index contributed by atoms with van der Waals surface area (Å²) >= 11 is 0. The lowest BCUT2D eigenvalue weighted by molar-refractivity contribution is -0.138. The fourth-order valence-corrected chi connectivity index (χ4v) is 0.306. The zero-order valence-corrected chi connectivity index (χ0v) is 5.13. The molecule has 0 aromatic heterocycles. The average molecular weight is 128 g/mol. The monoisotopic (exact) mass is 128 g/mol. The Balaban J connectivity index is 4.04. The lowest BCUT2D eigenvalue weighted by atomic mass is 10.2. The fourth-order valence-electron chi connectivity index (χ4n) is 0.306. The highest BCUT2D eigenvalue weighted by Gasteiger charge is 2.14. The van der Waals surface area contributed by atoms with Crippen molar-refractivity contribution in [3.8, 4) is 0 Å². The average Bonchev–Trinajstić information content (AvgIpc) is 1.84. The van der Waals surface area contributed by atoms with Gasteiger partial charge in [0.1, 0.15) is 6.10 Å². The Labute approximate surface area is 53.0 Å². The predicted octanol–water partition coefficient (Wildman–Crippen LogP) is -0.309. The molecule has 0 saturated heterocycles. The van der Waals surface area contributed by atoms with Crippen molar-refractivity contribution in [2.45, 2.75) is 13.0 Å². The second kappa shape index (κ2) is 3.14. The minimum atomic E-state index is -1.21. The summed E-state index contributed by atoms with van der Waals surface area (Å²) in [5, 5.41) is 8.50. The summed E-state index contributed by atoms with van der Waals surface area (Å²) in [6, 6.07) is 0. The summed E-state index contributed by atoms with van der Waals surface area (Å²) < 4.78 is 0. The summed E-state index contributed by atoms with van der Waals surface area (Å²) in [6.45, 7) is 4.32.